The number of rotatable bonds is 0. The van der Waals surface area contributed by atoms with Gasteiger partial charge in [-0.3, -0.25) is 0 Å². The van der Waals surface area contributed by atoms with Gasteiger partial charge in [-0.15, -0.1) is 5.10 Å². The van der Waals surface area contributed by atoms with Crippen LogP contribution in [-0.2, 0) is 0 Å². The normalized spacial score (nSPS) is 9.25. The first kappa shape index (κ1) is 5.62. The van der Waals surface area contributed by atoms with Gasteiger partial charge >= 0.3 is 0 Å². The van der Waals surface area contributed by atoms with Gasteiger partial charge in [0.15, 0.2) is 0 Å². The molecule has 0 saturated heterocycles. The quantitative estimate of drug-likeness (QED) is 0.598. The van der Waals surface area contributed by atoms with Crippen molar-refractivity contribution < 1.29 is 4.39 Å². The van der Waals surface area contributed by atoms with Crippen LogP contribution in [0.15, 0.2) is 16.7 Å². The summed E-state index contributed by atoms with van der Waals surface area (Å²) in [4.78, 5) is 0. The summed E-state index contributed by atoms with van der Waals surface area (Å²) in [6.45, 7) is 0. The number of hydrogen-bond donors (Lipinski definition) is 0. The van der Waals surface area contributed by atoms with Crippen molar-refractivity contribution in [2.75, 3.05) is 0 Å². The van der Waals surface area contributed by atoms with Crippen LogP contribution < -0.4 is 0 Å². The predicted molar refractivity (Wildman–Crippen MR) is 29.7 cm³/mol. The number of nitrogens with zero attached hydrogens (tertiary/aromatic N) is 2. The fraction of sp³-hybridized carbons (Fsp3) is 0. The van der Waals surface area contributed by atoms with E-state index >= 15 is 0 Å². The van der Waals surface area contributed by atoms with Gasteiger partial charge in [0.05, 0.1) is 6.20 Å². The van der Waals surface area contributed by atoms with Crippen molar-refractivity contribution in [3.63, 3.8) is 0 Å². The van der Waals surface area contributed by atoms with Crippen LogP contribution in [0.3, 0.4) is 0 Å². The summed E-state index contributed by atoms with van der Waals surface area (Å²) in [6.07, 6.45) is 1.42. The van der Waals surface area contributed by atoms with Crippen molar-refractivity contribution in [2.24, 2.45) is 0 Å². The molecule has 8 heavy (non-hydrogen) atoms. The number of hydrogen-bond acceptors (Lipinski definition) is 2. The third kappa shape index (κ3) is 1.23. The van der Waals surface area contributed by atoms with Crippen molar-refractivity contribution in [1.29, 1.82) is 0 Å². The Morgan fingerprint density at radius 3 is 2.75 bits per heavy atom. The molecule has 0 spiro atoms. The van der Waals surface area contributed by atoms with Crippen molar-refractivity contribution in [3.8, 4) is 0 Å². The smallest absolute Gasteiger partial charge is 0.183 e. The predicted octanol–water partition coefficient (Wildman–Crippen LogP) is 1.38. The van der Waals surface area contributed by atoms with E-state index < -0.39 is 5.95 Å². The molecule has 1 heterocycles. The Kier molecular flexibility index (Phi) is 1.53. The topological polar surface area (TPSA) is 25.8 Å². The molecule has 0 aliphatic rings. The lowest BCUT2D eigenvalue weighted by Crippen LogP contribution is -1.83. The molecule has 4 heteroatoms. The van der Waals surface area contributed by atoms with Gasteiger partial charge in [-0.1, -0.05) is 0 Å². The van der Waals surface area contributed by atoms with Crippen LogP contribution in [0.4, 0.5) is 4.39 Å². The first-order valence-corrected chi connectivity index (χ1v) is 2.72. The average molecular weight is 177 g/mol. The van der Waals surface area contributed by atoms with E-state index in [1.54, 1.807) is 0 Å². The van der Waals surface area contributed by atoms with Gasteiger partial charge in [0.2, 0.25) is 5.95 Å². The lowest BCUT2D eigenvalue weighted by Gasteiger charge is -1.83. The Hall–Kier alpha value is -0.510. The molecule has 0 atom stereocenters. The molecule has 1 aromatic heterocycles. The average Bonchev–Trinajstić information content (AvgIpc) is 1.64. The second kappa shape index (κ2) is 2.17. The van der Waals surface area contributed by atoms with Crippen LogP contribution in [-0.4, -0.2) is 10.2 Å². The van der Waals surface area contributed by atoms with Crippen LogP contribution in [0.5, 0.6) is 0 Å². The minimum Gasteiger partial charge on any atom is -0.183 e. The summed E-state index contributed by atoms with van der Waals surface area (Å²) in [5, 5.41) is 6.41. The number of aromatic nitrogens is 2. The van der Waals surface area contributed by atoms with Crippen LogP contribution >= 0.6 is 15.9 Å². The van der Waals surface area contributed by atoms with Crippen LogP contribution in [0.25, 0.3) is 0 Å². The Balaban J connectivity index is 3.08. The van der Waals surface area contributed by atoms with Crippen molar-refractivity contribution in [1.82, 2.24) is 10.2 Å². The van der Waals surface area contributed by atoms with E-state index in [9.17, 15) is 4.39 Å². The second-order valence-electron chi connectivity index (χ2n) is 1.20. The van der Waals surface area contributed by atoms with E-state index in [-0.39, 0.29) is 0 Å². The molecule has 42 valence electrons. The highest BCUT2D eigenvalue weighted by Gasteiger charge is 1.89. The third-order valence-corrected chi connectivity index (χ3v) is 1.02. The molecule has 0 aliphatic carbocycles. The van der Waals surface area contributed by atoms with Crippen LogP contribution in [0.2, 0.25) is 0 Å². The van der Waals surface area contributed by atoms with Crippen molar-refractivity contribution in [3.05, 3.63) is 22.7 Å². The largest absolute Gasteiger partial charge is 0.234 e. The van der Waals surface area contributed by atoms with E-state index in [2.05, 4.69) is 26.1 Å². The summed E-state index contributed by atoms with van der Waals surface area (Å²) in [5.74, 6) is -0.570. The molecular weight excluding hydrogens is 175 g/mol. The van der Waals surface area contributed by atoms with Gasteiger partial charge in [-0.25, -0.2) is 0 Å². The summed E-state index contributed by atoms with van der Waals surface area (Å²) >= 11 is 3.02. The lowest BCUT2D eigenvalue weighted by molar-refractivity contribution is 0.562. The maximum absolute atomic E-state index is 12.0. The van der Waals surface area contributed by atoms with Gasteiger partial charge in [0, 0.05) is 10.5 Å². The van der Waals surface area contributed by atoms with Gasteiger partial charge < -0.3 is 0 Å². The Morgan fingerprint density at radius 2 is 2.38 bits per heavy atom. The number of halogens is 2. The Bertz CT molecular complexity index is 174. The Labute approximate surface area is 53.9 Å². The van der Waals surface area contributed by atoms with E-state index in [1.807, 2.05) is 0 Å². The molecule has 0 amide bonds. The third-order valence-electron chi connectivity index (χ3n) is 0.591. The molecule has 0 aliphatic heterocycles. The molecule has 0 N–H and O–H groups in total. The molecular formula is C4H2BrFN2. The van der Waals surface area contributed by atoms with Gasteiger partial charge in [-0.05, 0) is 15.9 Å². The van der Waals surface area contributed by atoms with E-state index in [0.29, 0.717) is 4.47 Å². The molecule has 0 radical (unpaired) electrons. The zero-order valence-corrected chi connectivity index (χ0v) is 5.39. The second-order valence-corrected chi connectivity index (χ2v) is 2.11. The summed E-state index contributed by atoms with van der Waals surface area (Å²) in [6, 6.07) is 1.24. The molecule has 0 aromatic carbocycles. The first-order chi connectivity index (χ1) is 3.79. The van der Waals surface area contributed by atoms with E-state index in [1.165, 1.54) is 12.3 Å². The first-order valence-electron chi connectivity index (χ1n) is 1.93. The maximum atomic E-state index is 12.0. The minimum absolute atomic E-state index is 0.570. The molecule has 0 bridgehead atoms. The molecule has 2 nitrogen and oxygen atoms in total. The highest BCUT2D eigenvalue weighted by molar-refractivity contribution is 9.10. The highest BCUT2D eigenvalue weighted by Crippen LogP contribution is 2.05. The summed E-state index contributed by atoms with van der Waals surface area (Å²) in [7, 11) is 0. The summed E-state index contributed by atoms with van der Waals surface area (Å²) in [5.41, 5.74) is 0. The molecule has 0 unspecified atom stereocenters. The summed E-state index contributed by atoms with van der Waals surface area (Å²) < 4.78 is 12.6. The van der Waals surface area contributed by atoms with Crippen LogP contribution in [0, 0.1) is 5.95 Å². The van der Waals surface area contributed by atoms with E-state index in [0.717, 1.165) is 0 Å². The lowest BCUT2D eigenvalue weighted by atomic mass is 10.6. The fourth-order valence-electron chi connectivity index (χ4n) is 0.319. The zero-order chi connectivity index (χ0) is 5.98. The van der Waals surface area contributed by atoms with Gasteiger partial charge in [0.25, 0.3) is 0 Å². The maximum Gasteiger partial charge on any atom is 0.234 e. The monoisotopic (exact) mass is 176 g/mol. The molecule has 1 aromatic rings. The SMILES string of the molecule is Fc1cc(Br)cnn1. The van der Waals surface area contributed by atoms with Crippen molar-refractivity contribution >= 4 is 15.9 Å². The van der Waals surface area contributed by atoms with Crippen LogP contribution in [0.1, 0.15) is 0 Å². The zero-order valence-electron chi connectivity index (χ0n) is 3.81. The van der Waals surface area contributed by atoms with Crippen molar-refractivity contribution in [2.45, 2.75) is 0 Å². The fourth-order valence-corrected chi connectivity index (χ4v) is 0.600. The minimum atomic E-state index is -0.570. The molecule has 0 fully saturated rings. The highest BCUT2D eigenvalue weighted by atomic mass is 79.9. The molecule has 1 rings (SSSR count). The standard InChI is InChI=1S/C4H2BrFN2/c5-3-1-4(6)8-7-2-3/h1-2H. The molecule has 0 saturated carbocycles. The van der Waals surface area contributed by atoms with Gasteiger partial charge in [0.1, 0.15) is 0 Å². The van der Waals surface area contributed by atoms with Gasteiger partial charge in [-0.2, -0.15) is 9.49 Å². The Morgan fingerprint density at radius 1 is 1.62 bits per heavy atom. The van der Waals surface area contributed by atoms with E-state index in [4.69, 9.17) is 0 Å².